The third kappa shape index (κ3) is 4.99. The second kappa shape index (κ2) is 9.49. The minimum Gasteiger partial charge on any atom is -0.454 e. The molecule has 0 fully saturated rings. The van der Waals surface area contributed by atoms with Crippen molar-refractivity contribution in [2.45, 2.75) is 26.3 Å². The summed E-state index contributed by atoms with van der Waals surface area (Å²) in [6.07, 6.45) is 1.72. The first-order valence-electron chi connectivity index (χ1n) is 10.5. The molecule has 2 heterocycles. The van der Waals surface area contributed by atoms with Gasteiger partial charge >= 0.3 is 6.03 Å². The molecule has 0 aliphatic carbocycles. The van der Waals surface area contributed by atoms with Crippen molar-refractivity contribution < 1.29 is 18.7 Å². The molecule has 3 aromatic rings. The number of carbonyl (C=O) groups excluding carboxylic acids is 2. The molecular formula is C25H21FN4O3. The van der Waals surface area contributed by atoms with E-state index in [1.54, 1.807) is 41.3 Å². The molecular weight excluding hydrogens is 423 g/mol. The number of ketones is 1. The van der Waals surface area contributed by atoms with Crippen molar-refractivity contribution in [3.05, 3.63) is 82.8 Å². The van der Waals surface area contributed by atoms with Gasteiger partial charge in [0.15, 0.2) is 11.6 Å². The standard InChI is InChI=1S/C25H21FN4O3/c1-2-30-15-20-22(8-9-28-24(20)29-25(30)32)33-23-7-6-17(13-21(23)26)12-19(31)11-16-4-3-5-18(10-16)14-27/h3-10,13H,2,11-12,15H2,1H3,(H,28,29,32). The number of urea groups is 1. The average molecular weight is 444 g/mol. The van der Waals surface area contributed by atoms with Crippen LogP contribution in [0.15, 0.2) is 54.7 Å². The highest BCUT2D eigenvalue weighted by Gasteiger charge is 2.25. The summed E-state index contributed by atoms with van der Waals surface area (Å²) in [6.45, 7) is 2.68. The Morgan fingerprint density at radius 2 is 1.97 bits per heavy atom. The summed E-state index contributed by atoms with van der Waals surface area (Å²) in [4.78, 5) is 30.2. The predicted molar refractivity (Wildman–Crippen MR) is 119 cm³/mol. The minimum atomic E-state index is -0.593. The van der Waals surface area contributed by atoms with Gasteiger partial charge in [-0.15, -0.1) is 0 Å². The van der Waals surface area contributed by atoms with Crippen LogP contribution in [-0.2, 0) is 24.2 Å². The molecule has 4 rings (SSSR count). The zero-order valence-corrected chi connectivity index (χ0v) is 18.0. The van der Waals surface area contributed by atoms with Gasteiger partial charge in [-0.1, -0.05) is 18.2 Å². The molecule has 0 bridgehead atoms. The number of anilines is 1. The van der Waals surface area contributed by atoms with Crippen LogP contribution in [0.4, 0.5) is 15.0 Å². The van der Waals surface area contributed by atoms with E-state index in [4.69, 9.17) is 10.00 Å². The molecule has 2 aromatic carbocycles. The Labute approximate surface area is 190 Å². The average Bonchev–Trinajstić information content (AvgIpc) is 2.80. The highest BCUT2D eigenvalue weighted by atomic mass is 19.1. The zero-order valence-electron chi connectivity index (χ0n) is 18.0. The summed E-state index contributed by atoms with van der Waals surface area (Å²) in [5.41, 5.74) is 2.43. The van der Waals surface area contributed by atoms with Crippen LogP contribution in [0.25, 0.3) is 0 Å². The molecule has 166 valence electrons. The number of rotatable bonds is 7. The third-order valence-electron chi connectivity index (χ3n) is 5.33. The Hall–Kier alpha value is -4.25. The second-order valence-corrected chi connectivity index (χ2v) is 7.65. The van der Waals surface area contributed by atoms with E-state index in [1.807, 2.05) is 13.0 Å². The van der Waals surface area contributed by atoms with Gasteiger partial charge in [0.05, 0.1) is 23.7 Å². The number of ether oxygens (including phenoxy) is 1. The van der Waals surface area contributed by atoms with E-state index in [9.17, 15) is 14.0 Å². The van der Waals surface area contributed by atoms with Crippen LogP contribution >= 0.6 is 0 Å². The van der Waals surface area contributed by atoms with Crippen LogP contribution < -0.4 is 10.1 Å². The van der Waals surface area contributed by atoms with Crippen LogP contribution in [0.3, 0.4) is 0 Å². The summed E-state index contributed by atoms with van der Waals surface area (Å²) in [6, 6.07) is 14.7. The van der Waals surface area contributed by atoms with Crippen LogP contribution in [-0.4, -0.2) is 28.2 Å². The predicted octanol–water partition coefficient (Wildman–Crippen LogP) is 4.61. The quantitative estimate of drug-likeness (QED) is 0.574. The van der Waals surface area contributed by atoms with Gasteiger partial charge in [-0.25, -0.2) is 14.2 Å². The molecule has 0 spiro atoms. The molecule has 7 nitrogen and oxygen atoms in total. The van der Waals surface area contributed by atoms with Gasteiger partial charge in [0.25, 0.3) is 0 Å². The number of nitrogens with one attached hydrogen (secondary N) is 1. The monoisotopic (exact) mass is 444 g/mol. The first-order chi connectivity index (χ1) is 16.0. The largest absolute Gasteiger partial charge is 0.454 e. The SMILES string of the molecule is CCN1Cc2c(Oc3ccc(CC(=O)Cc4cccc(C#N)c4)cc3F)ccnc2NC1=O. The molecule has 0 radical (unpaired) electrons. The Kier molecular flexibility index (Phi) is 6.31. The molecule has 1 aliphatic heterocycles. The fraction of sp³-hybridized carbons (Fsp3) is 0.200. The maximum absolute atomic E-state index is 14.8. The summed E-state index contributed by atoms with van der Waals surface area (Å²) in [5.74, 6) is 0.131. The van der Waals surface area contributed by atoms with Crippen LogP contribution in [0, 0.1) is 17.1 Å². The van der Waals surface area contributed by atoms with Gasteiger partial charge in [0, 0.05) is 25.6 Å². The molecule has 1 aromatic heterocycles. The van der Waals surface area contributed by atoms with Crippen molar-refractivity contribution in [1.29, 1.82) is 5.26 Å². The number of nitrogens with zero attached hydrogens (tertiary/aromatic N) is 3. The van der Waals surface area contributed by atoms with Crippen LogP contribution in [0.1, 0.15) is 29.2 Å². The third-order valence-corrected chi connectivity index (χ3v) is 5.33. The maximum atomic E-state index is 14.8. The number of aromatic nitrogens is 1. The lowest BCUT2D eigenvalue weighted by atomic mass is 10.0. The van der Waals surface area contributed by atoms with Crippen LogP contribution in [0.5, 0.6) is 11.5 Å². The van der Waals surface area contributed by atoms with Crippen molar-refractivity contribution in [2.24, 2.45) is 0 Å². The minimum absolute atomic E-state index is 0.0151. The molecule has 1 aliphatic rings. The number of amides is 2. The number of hydrogen-bond donors (Lipinski definition) is 1. The number of hydrogen-bond acceptors (Lipinski definition) is 5. The summed E-state index contributed by atoms with van der Waals surface area (Å²) < 4.78 is 20.6. The number of nitriles is 1. The van der Waals surface area contributed by atoms with E-state index >= 15 is 0 Å². The fourth-order valence-corrected chi connectivity index (χ4v) is 3.65. The van der Waals surface area contributed by atoms with E-state index in [-0.39, 0.29) is 30.4 Å². The van der Waals surface area contributed by atoms with Gasteiger partial charge in [-0.2, -0.15) is 5.26 Å². The molecule has 0 atom stereocenters. The summed E-state index contributed by atoms with van der Waals surface area (Å²) in [7, 11) is 0. The van der Waals surface area contributed by atoms with E-state index < -0.39 is 5.82 Å². The molecule has 0 saturated carbocycles. The molecule has 33 heavy (non-hydrogen) atoms. The lowest BCUT2D eigenvalue weighted by molar-refractivity contribution is -0.117. The van der Waals surface area contributed by atoms with Gasteiger partial charge in [0.2, 0.25) is 0 Å². The van der Waals surface area contributed by atoms with Crippen molar-refractivity contribution >= 4 is 17.6 Å². The lowest BCUT2D eigenvalue weighted by Crippen LogP contribution is -2.38. The number of halogens is 1. The second-order valence-electron chi connectivity index (χ2n) is 7.65. The highest BCUT2D eigenvalue weighted by Crippen LogP contribution is 2.34. The van der Waals surface area contributed by atoms with E-state index in [0.717, 1.165) is 5.56 Å². The topological polar surface area (TPSA) is 95.3 Å². The lowest BCUT2D eigenvalue weighted by Gasteiger charge is -2.28. The van der Waals surface area contributed by atoms with E-state index in [0.29, 0.717) is 41.3 Å². The molecule has 0 unspecified atom stereocenters. The van der Waals surface area contributed by atoms with E-state index in [2.05, 4.69) is 10.3 Å². The first-order valence-corrected chi connectivity index (χ1v) is 10.5. The number of carbonyl (C=O) groups is 2. The number of fused-ring (bicyclic) bond motifs is 1. The van der Waals surface area contributed by atoms with Crippen LogP contribution in [0.2, 0.25) is 0 Å². The van der Waals surface area contributed by atoms with Crippen molar-refractivity contribution in [3.63, 3.8) is 0 Å². The normalized spacial score (nSPS) is 12.5. The Bertz CT molecular complexity index is 1270. The first kappa shape index (κ1) is 22.0. The van der Waals surface area contributed by atoms with Gasteiger partial charge in [0.1, 0.15) is 17.4 Å². The number of pyridine rings is 1. The van der Waals surface area contributed by atoms with Crippen molar-refractivity contribution in [3.8, 4) is 17.6 Å². The Morgan fingerprint density at radius 1 is 1.18 bits per heavy atom. The zero-order chi connectivity index (χ0) is 23.4. The van der Waals surface area contributed by atoms with E-state index in [1.165, 1.54) is 18.3 Å². The Morgan fingerprint density at radius 3 is 2.70 bits per heavy atom. The van der Waals surface area contributed by atoms with Gasteiger partial charge in [-0.05, 0) is 48.4 Å². The van der Waals surface area contributed by atoms with Crippen molar-refractivity contribution in [1.82, 2.24) is 9.88 Å². The van der Waals surface area contributed by atoms with Gasteiger partial charge in [-0.3, -0.25) is 10.1 Å². The number of benzene rings is 2. The molecule has 8 heteroatoms. The fourth-order valence-electron chi connectivity index (χ4n) is 3.65. The summed E-state index contributed by atoms with van der Waals surface area (Å²) in [5, 5.41) is 11.7. The molecule has 2 amide bonds. The Balaban J connectivity index is 1.47. The van der Waals surface area contributed by atoms with Crippen molar-refractivity contribution in [2.75, 3.05) is 11.9 Å². The molecule has 1 N–H and O–H groups in total. The molecule has 0 saturated heterocycles. The summed E-state index contributed by atoms with van der Waals surface area (Å²) >= 11 is 0. The maximum Gasteiger partial charge on any atom is 0.323 e. The number of Topliss-reactive ketones (excluding diaryl/α,β-unsaturated/α-hetero) is 1. The smallest absolute Gasteiger partial charge is 0.323 e. The van der Waals surface area contributed by atoms with Gasteiger partial charge < -0.3 is 9.64 Å². The highest BCUT2D eigenvalue weighted by molar-refractivity contribution is 5.91.